The van der Waals surface area contributed by atoms with Crippen LogP contribution >= 0.6 is 45.9 Å². The number of anilines is 2. The summed E-state index contributed by atoms with van der Waals surface area (Å²) in [7, 11) is 0. The van der Waals surface area contributed by atoms with E-state index in [9.17, 15) is 4.79 Å². The monoisotopic (exact) mass is 470 g/mol. The van der Waals surface area contributed by atoms with E-state index in [1.165, 1.54) is 22.7 Å². The van der Waals surface area contributed by atoms with Crippen molar-refractivity contribution in [3.8, 4) is 11.3 Å². The molecule has 0 atom stereocenters. The van der Waals surface area contributed by atoms with E-state index >= 15 is 0 Å². The van der Waals surface area contributed by atoms with Gasteiger partial charge in [-0.25, -0.2) is 9.97 Å². The molecule has 0 unspecified atom stereocenters. The molecule has 9 heteroatoms. The van der Waals surface area contributed by atoms with Crippen molar-refractivity contribution in [2.75, 3.05) is 11.1 Å². The van der Waals surface area contributed by atoms with Gasteiger partial charge in [0.2, 0.25) is 0 Å². The van der Waals surface area contributed by atoms with Gasteiger partial charge in [0.15, 0.2) is 5.13 Å². The summed E-state index contributed by atoms with van der Waals surface area (Å²) in [4.78, 5) is 23.0. The summed E-state index contributed by atoms with van der Waals surface area (Å²) in [5.74, 6) is -0.308. The first kappa shape index (κ1) is 19.3. The standard InChI is InChI=1S/C21H12Cl2N4OS2/c22-10-5-7-13(23)12(9-10)14-8-6-11-17(24)18(30-20(11)25-14)19(28)27-21-26-15-3-1-2-4-16(15)29-21/h1-9H,24H2,(H,26,27,28). The number of aromatic nitrogens is 2. The van der Waals surface area contributed by atoms with Crippen molar-refractivity contribution in [1.82, 2.24) is 9.97 Å². The maximum Gasteiger partial charge on any atom is 0.269 e. The number of nitrogens with zero attached hydrogens (tertiary/aromatic N) is 2. The summed E-state index contributed by atoms with van der Waals surface area (Å²) in [5.41, 5.74) is 8.87. The van der Waals surface area contributed by atoms with Crippen LogP contribution in [0.25, 0.3) is 31.7 Å². The van der Waals surface area contributed by atoms with Crippen LogP contribution in [0.5, 0.6) is 0 Å². The van der Waals surface area contributed by atoms with Gasteiger partial charge in [-0.3, -0.25) is 10.1 Å². The number of amides is 1. The molecule has 0 spiro atoms. The number of nitrogen functional groups attached to an aromatic ring is 1. The highest BCUT2D eigenvalue weighted by molar-refractivity contribution is 7.23. The molecule has 0 aliphatic carbocycles. The largest absolute Gasteiger partial charge is 0.397 e. The Balaban J connectivity index is 1.50. The third-order valence-electron chi connectivity index (χ3n) is 4.52. The predicted octanol–water partition coefficient (Wildman–Crippen LogP) is 6.71. The Labute approximate surface area is 189 Å². The van der Waals surface area contributed by atoms with Gasteiger partial charge in [0.05, 0.1) is 26.6 Å². The topological polar surface area (TPSA) is 80.9 Å². The van der Waals surface area contributed by atoms with Gasteiger partial charge in [-0.2, -0.15) is 0 Å². The number of fused-ring (bicyclic) bond motifs is 2. The van der Waals surface area contributed by atoms with Gasteiger partial charge < -0.3 is 5.73 Å². The van der Waals surface area contributed by atoms with Crippen molar-refractivity contribution < 1.29 is 4.79 Å². The van der Waals surface area contributed by atoms with Gasteiger partial charge in [-0.05, 0) is 42.5 Å². The van der Waals surface area contributed by atoms with Crippen molar-refractivity contribution in [2.24, 2.45) is 0 Å². The van der Waals surface area contributed by atoms with Gasteiger partial charge in [-0.15, -0.1) is 11.3 Å². The zero-order valence-corrected chi connectivity index (χ0v) is 18.3. The predicted molar refractivity (Wildman–Crippen MR) is 127 cm³/mol. The van der Waals surface area contributed by atoms with E-state index in [1.807, 2.05) is 36.4 Å². The maximum atomic E-state index is 12.9. The van der Waals surface area contributed by atoms with Crippen molar-refractivity contribution in [1.29, 1.82) is 0 Å². The highest BCUT2D eigenvalue weighted by Crippen LogP contribution is 2.37. The summed E-state index contributed by atoms with van der Waals surface area (Å²) in [5, 5.41) is 5.20. The Bertz CT molecular complexity index is 1410. The molecule has 3 N–H and O–H groups in total. The third kappa shape index (κ3) is 3.40. The van der Waals surface area contributed by atoms with E-state index in [0.717, 1.165) is 21.2 Å². The molecule has 5 aromatic rings. The SMILES string of the molecule is Nc1c(C(=O)Nc2nc3ccccc3s2)sc2nc(-c3cc(Cl)ccc3Cl)ccc12. The van der Waals surface area contributed by atoms with Gasteiger partial charge >= 0.3 is 0 Å². The number of carbonyl (C=O) groups is 1. The lowest BCUT2D eigenvalue weighted by molar-refractivity contribution is 0.103. The van der Waals surface area contributed by atoms with Crippen molar-refractivity contribution in [3.05, 3.63) is 69.5 Å². The lowest BCUT2D eigenvalue weighted by Crippen LogP contribution is -2.11. The van der Waals surface area contributed by atoms with Gasteiger partial charge in [-0.1, -0.05) is 46.7 Å². The minimum Gasteiger partial charge on any atom is -0.397 e. The molecule has 0 aliphatic heterocycles. The number of para-hydroxylation sites is 1. The van der Waals surface area contributed by atoms with Crippen LogP contribution in [0.4, 0.5) is 10.8 Å². The lowest BCUT2D eigenvalue weighted by atomic mass is 10.1. The molecule has 3 heterocycles. The molecule has 1 amide bonds. The Morgan fingerprint density at radius 2 is 1.83 bits per heavy atom. The highest BCUT2D eigenvalue weighted by Gasteiger charge is 2.19. The first-order valence-corrected chi connectivity index (χ1v) is 11.2. The van der Waals surface area contributed by atoms with E-state index in [-0.39, 0.29) is 5.91 Å². The van der Waals surface area contributed by atoms with Crippen molar-refractivity contribution >= 4 is 83.0 Å². The van der Waals surface area contributed by atoms with Crippen LogP contribution in [-0.4, -0.2) is 15.9 Å². The lowest BCUT2D eigenvalue weighted by Gasteiger charge is -2.04. The number of carbonyl (C=O) groups excluding carboxylic acids is 1. The average molecular weight is 471 g/mol. The van der Waals surface area contributed by atoms with Gasteiger partial charge in [0.1, 0.15) is 9.71 Å². The summed E-state index contributed by atoms with van der Waals surface area (Å²) < 4.78 is 1.00. The summed E-state index contributed by atoms with van der Waals surface area (Å²) in [6.07, 6.45) is 0. The van der Waals surface area contributed by atoms with Crippen LogP contribution in [0.1, 0.15) is 9.67 Å². The molecule has 0 saturated heterocycles. The highest BCUT2D eigenvalue weighted by atomic mass is 35.5. The van der Waals surface area contributed by atoms with E-state index in [0.29, 0.717) is 36.3 Å². The molecule has 0 saturated carbocycles. The molecule has 3 aromatic heterocycles. The number of thiazole rings is 1. The van der Waals surface area contributed by atoms with Crippen LogP contribution in [-0.2, 0) is 0 Å². The molecule has 0 bridgehead atoms. The molecule has 5 nitrogen and oxygen atoms in total. The number of pyridine rings is 1. The minimum absolute atomic E-state index is 0.308. The number of hydrogen-bond donors (Lipinski definition) is 2. The van der Waals surface area contributed by atoms with Crippen LogP contribution in [0.3, 0.4) is 0 Å². The molecular formula is C21H12Cl2N4OS2. The molecule has 2 aromatic carbocycles. The number of halogens is 2. The Morgan fingerprint density at radius 3 is 2.67 bits per heavy atom. The second kappa shape index (κ2) is 7.52. The summed E-state index contributed by atoms with van der Waals surface area (Å²) in [6, 6.07) is 16.6. The summed E-state index contributed by atoms with van der Waals surface area (Å²) >= 11 is 15.0. The summed E-state index contributed by atoms with van der Waals surface area (Å²) in [6.45, 7) is 0. The fraction of sp³-hybridized carbons (Fsp3) is 0. The molecule has 5 rings (SSSR count). The normalized spacial score (nSPS) is 11.3. The molecule has 0 fully saturated rings. The zero-order valence-electron chi connectivity index (χ0n) is 15.1. The number of benzene rings is 2. The Kier molecular flexibility index (Phi) is 4.83. The van der Waals surface area contributed by atoms with Crippen LogP contribution in [0, 0.1) is 0 Å². The first-order chi connectivity index (χ1) is 14.5. The number of nitrogens with one attached hydrogen (secondary N) is 1. The maximum absolute atomic E-state index is 12.9. The average Bonchev–Trinajstić information content (AvgIpc) is 3.29. The van der Waals surface area contributed by atoms with E-state index in [2.05, 4.69) is 15.3 Å². The van der Waals surface area contributed by atoms with Gasteiger partial charge in [0.25, 0.3) is 5.91 Å². The smallest absolute Gasteiger partial charge is 0.269 e. The van der Waals surface area contributed by atoms with E-state index < -0.39 is 0 Å². The molecule has 0 aliphatic rings. The molecule has 0 radical (unpaired) electrons. The number of rotatable bonds is 3. The number of hydrogen-bond acceptors (Lipinski definition) is 6. The molecule has 30 heavy (non-hydrogen) atoms. The zero-order chi connectivity index (χ0) is 20.8. The first-order valence-electron chi connectivity index (χ1n) is 8.81. The second-order valence-corrected chi connectivity index (χ2v) is 9.33. The number of thiophene rings is 1. The van der Waals surface area contributed by atoms with E-state index in [1.54, 1.807) is 18.2 Å². The Morgan fingerprint density at radius 1 is 1.00 bits per heavy atom. The second-order valence-electron chi connectivity index (χ2n) is 6.46. The van der Waals surface area contributed by atoms with Crippen molar-refractivity contribution in [2.45, 2.75) is 0 Å². The van der Waals surface area contributed by atoms with Crippen molar-refractivity contribution in [3.63, 3.8) is 0 Å². The van der Waals surface area contributed by atoms with Crippen LogP contribution in [0.2, 0.25) is 10.0 Å². The molecule has 148 valence electrons. The minimum atomic E-state index is -0.308. The quantitative estimate of drug-likeness (QED) is 0.306. The number of nitrogens with two attached hydrogens (primary N) is 1. The van der Waals surface area contributed by atoms with Crippen LogP contribution < -0.4 is 11.1 Å². The van der Waals surface area contributed by atoms with E-state index in [4.69, 9.17) is 28.9 Å². The fourth-order valence-electron chi connectivity index (χ4n) is 3.09. The fourth-order valence-corrected chi connectivity index (χ4v) is 5.33. The third-order valence-corrected chi connectivity index (χ3v) is 7.15. The van der Waals surface area contributed by atoms with Gasteiger partial charge in [0, 0.05) is 16.0 Å². The molecular weight excluding hydrogens is 459 g/mol. The Hall–Kier alpha value is -2.71. The van der Waals surface area contributed by atoms with Crippen LogP contribution in [0.15, 0.2) is 54.6 Å².